The third-order valence-corrected chi connectivity index (χ3v) is 6.91. The highest BCUT2D eigenvalue weighted by atomic mass is 32.1. The first-order valence-corrected chi connectivity index (χ1v) is 10.3. The number of hydrogen-bond acceptors (Lipinski definition) is 6. The lowest BCUT2D eigenvalue weighted by Crippen LogP contribution is -2.58. The fourth-order valence-electron chi connectivity index (χ4n) is 3.84. The van der Waals surface area contributed by atoms with Gasteiger partial charge in [0.15, 0.2) is 5.82 Å². The van der Waals surface area contributed by atoms with E-state index in [9.17, 15) is 0 Å². The normalized spacial score (nSPS) is 20.6. The van der Waals surface area contributed by atoms with Crippen LogP contribution in [0, 0.1) is 0 Å². The van der Waals surface area contributed by atoms with E-state index in [1.165, 1.54) is 53.2 Å². The molecule has 1 saturated carbocycles. The molecular weight excluding hydrogens is 330 g/mol. The van der Waals surface area contributed by atoms with E-state index in [4.69, 9.17) is 0 Å². The molecule has 132 valence electrons. The number of fused-ring (bicyclic) bond motifs is 1. The third-order valence-electron chi connectivity index (χ3n) is 5.77. The molecule has 6 heteroatoms. The number of aromatic nitrogens is 3. The molecule has 1 saturated heterocycles. The Balaban J connectivity index is 1.18. The summed E-state index contributed by atoms with van der Waals surface area (Å²) in [5, 5.41) is 10.3. The van der Waals surface area contributed by atoms with Crippen molar-refractivity contribution in [3.63, 3.8) is 0 Å². The molecular formula is C19H25N5S. The number of rotatable bonds is 5. The van der Waals surface area contributed by atoms with E-state index in [0.29, 0.717) is 6.04 Å². The first kappa shape index (κ1) is 15.7. The van der Waals surface area contributed by atoms with Crippen molar-refractivity contribution in [1.82, 2.24) is 20.1 Å². The Labute approximate surface area is 153 Å². The Kier molecular flexibility index (Phi) is 3.97. The van der Waals surface area contributed by atoms with Crippen LogP contribution in [0.3, 0.4) is 0 Å². The summed E-state index contributed by atoms with van der Waals surface area (Å²) in [6.45, 7) is 3.12. The van der Waals surface area contributed by atoms with Gasteiger partial charge in [-0.1, -0.05) is 0 Å². The fraction of sp³-hybridized carbons (Fsp3) is 0.632. The van der Waals surface area contributed by atoms with Crippen molar-refractivity contribution in [2.75, 3.05) is 25.0 Å². The summed E-state index contributed by atoms with van der Waals surface area (Å²) in [5.41, 5.74) is 2.64. The number of anilines is 1. The minimum atomic E-state index is 0.601. The Morgan fingerprint density at radius 2 is 2.04 bits per heavy atom. The van der Waals surface area contributed by atoms with E-state index in [1.807, 2.05) is 11.3 Å². The summed E-state index contributed by atoms with van der Waals surface area (Å²) in [6, 6.07) is 2.88. The highest BCUT2D eigenvalue weighted by Crippen LogP contribution is 2.42. The van der Waals surface area contributed by atoms with E-state index < -0.39 is 0 Å². The van der Waals surface area contributed by atoms with Gasteiger partial charge in [0.25, 0.3) is 0 Å². The van der Waals surface area contributed by atoms with Crippen LogP contribution in [0.25, 0.3) is 0 Å². The standard InChI is InChI=1S/C19H25N5S/c1-23(12-16-9-20-19(25-16)13-6-7-13)15-10-24(11-15)18-8-14-4-2-3-5-17(14)21-22-18/h8-9,13,15H,2-7,10-12H2,1H3. The maximum atomic E-state index is 4.60. The van der Waals surface area contributed by atoms with E-state index in [0.717, 1.165) is 37.8 Å². The first-order chi connectivity index (χ1) is 12.3. The first-order valence-electron chi connectivity index (χ1n) is 9.51. The van der Waals surface area contributed by atoms with Gasteiger partial charge in [0.1, 0.15) is 0 Å². The van der Waals surface area contributed by atoms with Crippen LogP contribution in [0.4, 0.5) is 5.82 Å². The van der Waals surface area contributed by atoms with Gasteiger partial charge in [0.2, 0.25) is 0 Å². The van der Waals surface area contributed by atoms with Gasteiger partial charge in [0, 0.05) is 42.7 Å². The largest absolute Gasteiger partial charge is 0.352 e. The van der Waals surface area contributed by atoms with E-state index in [1.54, 1.807) is 0 Å². The molecule has 0 unspecified atom stereocenters. The lowest BCUT2D eigenvalue weighted by Gasteiger charge is -2.44. The highest BCUT2D eigenvalue weighted by Gasteiger charge is 2.32. The molecule has 2 aliphatic carbocycles. The van der Waals surface area contributed by atoms with Crippen molar-refractivity contribution in [2.24, 2.45) is 0 Å². The highest BCUT2D eigenvalue weighted by molar-refractivity contribution is 7.11. The van der Waals surface area contributed by atoms with Crippen LogP contribution in [0.2, 0.25) is 0 Å². The van der Waals surface area contributed by atoms with Gasteiger partial charge in [-0.25, -0.2) is 4.98 Å². The summed E-state index contributed by atoms with van der Waals surface area (Å²) in [5.74, 6) is 1.84. The molecule has 0 spiro atoms. The minimum Gasteiger partial charge on any atom is -0.352 e. The van der Waals surface area contributed by atoms with Crippen LogP contribution in [0.1, 0.15) is 52.7 Å². The number of thiazole rings is 1. The van der Waals surface area contributed by atoms with Crippen molar-refractivity contribution >= 4 is 17.2 Å². The number of hydrogen-bond donors (Lipinski definition) is 0. The molecule has 1 aliphatic heterocycles. The third kappa shape index (κ3) is 3.17. The monoisotopic (exact) mass is 355 g/mol. The predicted molar refractivity (Wildman–Crippen MR) is 100 cm³/mol. The van der Waals surface area contributed by atoms with Gasteiger partial charge in [0.05, 0.1) is 10.7 Å². The zero-order chi connectivity index (χ0) is 16.8. The number of likely N-dealkylation sites (N-methyl/N-ethyl adjacent to an activating group) is 1. The SMILES string of the molecule is CN(Cc1cnc(C2CC2)s1)C1CN(c2cc3c(nn2)CCCC3)C1. The summed E-state index contributed by atoms with van der Waals surface area (Å²) >= 11 is 1.91. The van der Waals surface area contributed by atoms with E-state index >= 15 is 0 Å². The molecule has 5 nitrogen and oxygen atoms in total. The summed E-state index contributed by atoms with van der Waals surface area (Å²) in [4.78, 5) is 10.8. The molecule has 3 heterocycles. The van der Waals surface area contributed by atoms with Crippen molar-refractivity contribution in [2.45, 2.75) is 57.0 Å². The molecule has 0 amide bonds. The fourth-order valence-corrected chi connectivity index (χ4v) is 4.99. The Bertz CT molecular complexity index is 763. The van der Waals surface area contributed by atoms with Gasteiger partial charge >= 0.3 is 0 Å². The number of aryl methyl sites for hydroxylation is 2. The van der Waals surface area contributed by atoms with Crippen molar-refractivity contribution in [3.05, 3.63) is 33.4 Å². The average molecular weight is 356 g/mol. The molecule has 0 atom stereocenters. The Hall–Kier alpha value is -1.53. The number of nitrogens with zero attached hydrogens (tertiary/aromatic N) is 5. The molecule has 2 aromatic heterocycles. The lowest BCUT2D eigenvalue weighted by atomic mass is 9.96. The van der Waals surface area contributed by atoms with Crippen molar-refractivity contribution < 1.29 is 0 Å². The van der Waals surface area contributed by atoms with Crippen LogP contribution in [0.5, 0.6) is 0 Å². The van der Waals surface area contributed by atoms with Crippen LogP contribution < -0.4 is 4.90 Å². The van der Waals surface area contributed by atoms with Gasteiger partial charge in [-0.15, -0.1) is 16.4 Å². The predicted octanol–water partition coefficient (Wildman–Crippen LogP) is 3.01. The van der Waals surface area contributed by atoms with E-state index in [2.05, 4.69) is 44.3 Å². The minimum absolute atomic E-state index is 0.601. The summed E-state index contributed by atoms with van der Waals surface area (Å²) < 4.78 is 0. The topological polar surface area (TPSA) is 45.2 Å². The Morgan fingerprint density at radius 3 is 2.88 bits per heavy atom. The quantitative estimate of drug-likeness (QED) is 0.825. The molecule has 0 N–H and O–H groups in total. The van der Waals surface area contributed by atoms with Gasteiger partial charge < -0.3 is 4.90 Å². The van der Waals surface area contributed by atoms with Gasteiger partial charge in [-0.2, -0.15) is 5.10 Å². The molecule has 0 bridgehead atoms. The Morgan fingerprint density at radius 1 is 1.20 bits per heavy atom. The second kappa shape index (κ2) is 6.32. The maximum absolute atomic E-state index is 4.60. The van der Waals surface area contributed by atoms with Crippen molar-refractivity contribution in [3.8, 4) is 0 Å². The van der Waals surface area contributed by atoms with Crippen LogP contribution in [0.15, 0.2) is 12.3 Å². The zero-order valence-electron chi connectivity index (χ0n) is 14.8. The molecule has 25 heavy (non-hydrogen) atoms. The lowest BCUT2D eigenvalue weighted by molar-refractivity contribution is 0.198. The van der Waals surface area contributed by atoms with Crippen molar-refractivity contribution in [1.29, 1.82) is 0 Å². The second-order valence-corrected chi connectivity index (χ2v) is 8.94. The zero-order valence-corrected chi connectivity index (χ0v) is 15.6. The van der Waals surface area contributed by atoms with Crippen LogP contribution in [-0.2, 0) is 19.4 Å². The van der Waals surface area contributed by atoms with Gasteiger partial charge in [-0.05, 0) is 57.2 Å². The summed E-state index contributed by atoms with van der Waals surface area (Å²) in [6.07, 6.45) is 9.58. The molecule has 2 aromatic rings. The smallest absolute Gasteiger partial charge is 0.151 e. The average Bonchev–Trinajstić information content (AvgIpc) is 3.33. The summed E-state index contributed by atoms with van der Waals surface area (Å²) in [7, 11) is 2.23. The molecule has 2 fully saturated rings. The van der Waals surface area contributed by atoms with E-state index in [-0.39, 0.29) is 0 Å². The second-order valence-electron chi connectivity index (χ2n) is 7.79. The van der Waals surface area contributed by atoms with Crippen LogP contribution >= 0.6 is 11.3 Å². The molecule has 0 radical (unpaired) electrons. The molecule has 0 aromatic carbocycles. The molecule has 5 rings (SSSR count). The molecule has 3 aliphatic rings. The van der Waals surface area contributed by atoms with Gasteiger partial charge in [-0.3, -0.25) is 4.90 Å². The maximum Gasteiger partial charge on any atom is 0.151 e. The van der Waals surface area contributed by atoms with Crippen LogP contribution in [-0.4, -0.2) is 46.3 Å².